The van der Waals surface area contributed by atoms with Crippen LogP contribution in [0.25, 0.3) is 0 Å². The molecule has 5 nitrogen and oxygen atoms in total. The number of rotatable bonds is 1. The third-order valence-corrected chi connectivity index (χ3v) is 3.71. The Kier molecular flexibility index (Phi) is 1.87. The molecule has 2 fully saturated rings. The molecule has 70 valence electrons. The molecule has 2 aliphatic rings. The van der Waals surface area contributed by atoms with Gasteiger partial charge in [0.05, 0.1) is 0 Å². The minimum atomic E-state index is -3.45. The second-order valence-electron chi connectivity index (χ2n) is 3.47. The zero-order valence-corrected chi connectivity index (χ0v) is 7.55. The van der Waals surface area contributed by atoms with Gasteiger partial charge in [-0.3, -0.25) is 0 Å². The van der Waals surface area contributed by atoms with Crippen LogP contribution in [-0.4, -0.2) is 38.4 Å². The lowest BCUT2D eigenvalue weighted by molar-refractivity contribution is 0.449. The highest BCUT2D eigenvalue weighted by Crippen LogP contribution is 2.25. The number of hydrogen-bond acceptors (Lipinski definition) is 3. The van der Waals surface area contributed by atoms with E-state index in [2.05, 4.69) is 5.32 Å². The van der Waals surface area contributed by atoms with Gasteiger partial charge in [0.2, 0.25) is 0 Å². The van der Waals surface area contributed by atoms with Gasteiger partial charge in [0.25, 0.3) is 10.2 Å². The van der Waals surface area contributed by atoms with Crippen LogP contribution in [0.5, 0.6) is 0 Å². The van der Waals surface area contributed by atoms with E-state index in [4.69, 9.17) is 5.14 Å². The molecule has 0 aromatic rings. The molecular formula is C6H13N3O2S. The number of nitrogens with zero attached hydrogens (tertiary/aromatic N) is 1. The molecule has 2 aliphatic heterocycles. The summed E-state index contributed by atoms with van der Waals surface area (Å²) in [6, 6.07) is 0.336. The standard InChI is InChI=1S/C6H13N3O2S/c7-12(10,11)9-3-5-1-2-8-6(5)4-9/h5-6,8H,1-4H2,(H2,7,10,11)/t5-,6+/m0/s1. The van der Waals surface area contributed by atoms with Gasteiger partial charge in [-0.05, 0) is 18.9 Å². The highest BCUT2D eigenvalue weighted by molar-refractivity contribution is 7.86. The summed E-state index contributed by atoms with van der Waals surface area (Å²) in [7, 11) is -3.45. The van der Waals surface area contributed by atoms with Crippen LogP contribution in [-0.2, 0) is 10.2 Å². The van der Waals surface area contributed by atoms with E-state index in [9.17, 15) is 8.42 Å². The Hall–Kier alpha value is -0.170. The fourth-order valence-electron chi connectivity index (χ4n) is 2.02. The van der Waals surface area contributed by atoms with E-state index in [0.717, 1.165) is 13.0 Å². The molecule has 2 heterocycles. The fourth-order valence-corrected chi connectivity index (χ4v) is 2.79. The van der Waals surface area contributed by atoms with Crippen molar-refractivity contribution in [2.24, 2.45) is 11.1 Å². The normalized spacial score (nSPS) is 37.1. The van der Waals surface area contributed by atoms with E-state index < -0.39 is 10.2 Å². The Morgan fingerprint density at radius 2 is 2.17 bits per heavy atom. The van der Waals surface area contributed by atoms with Gasteiger partial charge in [-0.15, -0.1) is 0 Å². The first-order chi connectivity index (χ1) is 5.57. The highest BCUT2D eigenvalue weighted by atomic mass is 32.2. The van der Waals surface area contributed by atoms with Crippen molar-refractivity contribution in [3.63, 3.8) is 0 Å². The lowest BCUT2D eigenvalue weighted by Crippen LogP contribution is -2.37. The summed E-state index contributed by atoms with van der Waals surface area (Å²) >= 11 is 0. The molecule has 0 spiro atoms. The third kappa shape index (κ3) is 1.35. The zero-order valence-electron chi connectivity index (χ0n) is 6.73. The molecular weight excluding hydrogens is 178 g/mol. The van der Waals surface area contributed by atoms with Crippen molar-refractivity contribution in [1.82, 2.24) is 9.62 Å². The van der Waals surface area contributed by atoms with Crippen molar-refractivity contribution in [3.05, 3.63) is 0 Å². The largest absolute Gasteiger partial charge is 0.312 e. The van der Waals surface area contributed by atoms with E-state index >= 15 is 0 Å². The summed E-state index contributed by atoms with van der Waals surface area (Å²) in [5.74, 6) is 0.475. The predicted molar refractivity (Wildman–Crippen MR) is 44.6 cm³/mol. The molecule has 2 saturated heterocycles. The van der Waals surface area contributed by atoms with Gasteiger partial charge >= 0.3 is 0 Å². The van der Waals surface area contributed by atoms with E-state index in [-0.39, 0.29) is 0 Å². The molecule has 2 rings (SSSR count). The maximum absolute atomic E-state index is 10.9. The van der Waals surface area contributed by atoms with Gasteiger partial charge < -0.3 is 5.32 Å². The van der Waals surface area contributed by atoms with Crippen LogP contribution in [0.15, 0.2) is 0 Å². The summed E-state index contributed by atoms with van der Waals surface area (Å²) in [6.45, 7) is 2.15. The first-order valence-electron chi connectivity index (χ1n) is 4.08. The highest BCUT2D eigenvalue weighted by Gasteiger charge is 2.39. The summed E-state index contributed by atoms with van der Waals surface area (Å²) < 4.78 is 23.2. The Labute approximate surface area is 72.1 Å². The quantitative estimate of drug-likeness (QED) is 0.529. The van der Waals surface area contributed by atoms with Crippen LogP contribution in [0.2, 0.25) is 0 Å². The van der Waals surface area contributed by atoms with Crippen LogP contribution >= 0.6 is 0 Å². The maximum atomic E-state index is 10.9. The van der Waals surface area contributed by atoms with E-state index in [1.165, 1.54) is 4.31 Å². The Morgan fingerprint density at radius 1 is 1.42 bits per heavy atom. The molecule has 2 atom stereocenters. The van der Waals surface area contributed by atoms with Gasteiger partial charge in [-0.1, -0.05) is 0 Å². The summed E-state index contributed by atoms with van der Waals surface area (Å²) in [6.07, 6.45) is 1.07. The molecule has 0 unspecified atom stereocenters. The topological polar surface area (TPSA) is 75.4 Å². The molecule has 0 radical (unpaired) electrons. The Balaban J connectivity index is 2.09. The summed E-state index contributed by atoms with van der Waals surface area (Å²) in [5.41, 5.74) is 0. The lowest BCUT2D eigenvalue weighted by Gasteiger charge is -2.12. The minimum absolute atomic E-state index is 0.336. The zero-order chi connectivity index (χ0) is 8.77. The van der Waals surface area contributed by atoms with Gasteiger partial charge in [-0.2, -0.15) is 12.7 Å². The minimum Gasteiger partial charge on any atom is -0.312 e. The number of nitrogens with two attached hydrogens (primary N) is 1. The van der Waals surface area contributed by atoms with Gasteiger partial charge in [-0.25, -0.2) is 5.14 Å². The lowest BCUT2D eigenvalue weighted by atomic mass is 10.1. The number of fused-ring (bicyclic) bond motifs is 1. The Bertz CT molecular complexity index is 265. The third-order valence-electron chi connectivity index (χ3n) is 2.69. The molecule has 3 N–H and O–H groups in total. The van der Waals surface area contributed by atoms with Gasteiger partial charge in [0.1, 0.15) is 0 Å². The van der Waals surface area contributed by atoms with Crippen LogP contribution in [0.3, 0.4) is 0 Å². The van der Waals surface area contributed by atoms with Gasteiger partial charge in [0.15, 0.2) is 0 Å². The van der Waals surface area contributed by atoms with Crippen molar-refractivity contribution in [3.8, 4) is 0 Å². The second-order valence-corrected chi connectivity index (χ2v) is 5.02. The van der Waals surface area contributed by atoms with E-state index in [0.29, 0.717) is 25.0 Å². The van der Waals surface area contributed by atoms with Crippen molar-refractivity contribution >= 4 is 10.2 Å². The predicted octanol–water partition coefficient (Wildman–Crippen LogP) is -1.52. The van der Waals surface area contributed by atoms with Crippen molar-refractivity contribution < 1.29 is 8.42 Å². The molecule has 0 aromatic carbocycles. The van der Waals surface area contributed by atoms with Crippen LogP contribution in [0.4, 0.5) is 0 Å². The molecule has 0 aromatic heterocycles. The molecule has 12 heavy (non-hydrogen) atoms. The monoisotopic (exact) mass is 191 g/mol. The van der Waals surface area contributed by atoms with Crippen LogP contribution < -0.4 is 10.5 Å². The molecule has 0 amide bonds. The number of hydrogen-bond donors (Lipinski definition) is 2. The smallest absolute Gasteiger partial charge is 0.276 e. The number of nitrogens with one attached hydrogen (secondary N) is 1. The van der Waals surface area contributed by atoms with Crippen LogP contribution in [0.1, 0.15) is 6.42 Å². The van der Waals surface area contributed by atoms with Crippen LogP contribution in [0, 0.1) is 5.92 Å². The second kappa shape index (κ2) is 2.66. The maximum Gasteiger partial charge on any atom is 0.276 e. The van der Waals surface area contributed by atoms with Crippen molar-refractivity contribution in [2.45, 2.75) is 12.5 Å². The molecule has 6 heteroatoms. The first-order valence-corrected chi connectivity index (χ1v) is 5.59. The average Bonchev–Trinajstić information content (AvgIpc) is 2.37. The summed E-state index contributed by atoms with van der Waals surface area (Å²) in [5, 5.41) is 8.27. The van der Waals surface area contributed by atoms with Crippen molar-refractivity contribution in [1.29, 1.82) is 0 Å². The average molecular weight is 191 g/mol. The SMILES string of the molecule is NS(=O)(=O)N1C[C@@H]2CCN[C@@H]2C1. The molecule has 0 bridgehead atoms. The van der Waals surface area contributed by atoms with Gasteiger partial charge in [0, 0.05) is 19.1 Å². The fraction of sp³-hybridized carbons (Fsp3) is 1.00. The Morgan fingerprint density at radius 3 is 2.75 bits per heavy atom. The first kappa shape index (κ1) is 8.43. The van der Waals surface area contributed by atoms with E-state index in [1.807, 2.05) is 0 Å². The van der Waals surface area contributed by atoms with E-state index in [1.54, 1.807) is 0 Å². The molecule has 0 saturated carbocycles. The molecule has 0 aliphatic carbocycles. The van der Waals surface area contributed by atoms with Crippen molar-refractivity contribution in [2.75, 3.05) is 19.6 Å². The summed E-state index contributed by atoms with van der Waals surface area (Å²) in [4.78, 5) is 0.